The molecule has 0 bridgehead atoms. The molecule has 15 heavy (non-hydrogen) atoms. The molecule has 2 N–H and O–H groups in total. The lowest BCUT2D eigenvalue weighted by Crippen LogP contribution is -2.30. The topological polar surface area (TPSA) is 32.3 Å². The third-order valence-electron chi connectivity index (χ3n) is 2.64. The Bertz CT molecular complexity index is 325. The van der Waals surface area contributed by atoms with Crippen molar-refractivity contribution < 1.29 is 5.11 Å². The standard InChI is InChI=1S/C12H18BrNO/c1-8(2)9(3)14-7-10-4-5-12(15)11(13)6-10/h4-6,8-9,14-15H,7H2,1-3H3. The number of phenols is 1. The highest BCUT2D eigenvalue weighted by Crippen LogP contribution is 2.24. The van der Waals surface area contributed by atoms with Crippen LogP contribution in [0.4, 0.5) is 0 Å². The van der Waals surface area contributed by atoms with Crippen molar-refractivity contribution in [3.63, 3.8) is 0 Å². The van der Waals surface area contributed by atoms with Gasteiger partial charge in [-0.3, -0.25) is 0 Å². The van der Waals surface area contributed by atoms with Gasteiger partial charge in [0.15, 0.2) is 0 Å². The third kappa shape index (κ3) is 3.84. The molecule has 1 aromatic carbocycles. The van der Waals surface area contributed by atoms with Gasteiger partial charge in [-0.05, 0) is 46.5 Å². The van der Waals surface area contributed by atoms with Crippen LogP contribution in [0.2, 0.25) is 0 Å². The lowest BCUT2D eigenvalue weighted by molar-refractivity contribution is 0.425. The summed E-state index contributed by atoms with van der Waals surface area (Å²) in [5.74, 6) is 0.918. The fourth-order valence-corrected chi connectivity index (χ4v) is 1.60. The van der Waals surface area contributed by atoms with Crippen LogP contribution in [0.1, 0.15) is 26.3 Å². The van der Waals surface area contributed by atoms with E-state index in [9.17, 15) is 5.11 Å². The van der Waals surface area contributed by atoms with Crippen molar-refractivity contribution in [2.75, 3.05) is 0 Å². The van der Waals surface area contributed by atoms with Crippen LogP contribution < -0.4 is 5.32 Å². The number of benzene rings is 1. The average molecular weight is 272 g/mol. The van der Waals surface area contributed by atoms with Crippen LogP contribution in [0.15, 0.2) is 22.7 Å². The second-order valence-corrected chi connectivity index (χ2v) is 5.05. The van der Waals surface area contributed by atoms with Gasteiger partial charge in [0, 0.05) is 12.6 Å². The molecular weight excluding hydrogens is 254 g/mol. The summed E-state index contributed by atoms with van der Waals surface area (Å²) < 4.78 is 0.749. The summed E-state index contributed by atoms with van der Waals surface area (Å²) in [6.07, 6.45) is 0. The van der Waals surface area contributed by atoms with Gasteiger partial charge in [-0.2, -0.15) is 0 Å². The molecule has 0 aliphatic heterocycles. The van der Waals surface area contributed by atoms with Gasteiger partial charge < -0.3 is 10.4 Å². The lowest BCUT2D eigenvalue weighted by Gasteiger charge is -2.17. The van der Waals surface area contributed by atoms with Crippen LogP contribution in [-0.2, 0) is 6.54 Å². The monoisotopic (exact) mass is 271 g/mol. The number of phenolic OH excluding ortho intramolecular Hbond substituents is 1. The number of nitrogens with one attached hydrogen (secondary N) is 1. The van der Waals surface area contributed by atoms with Gasteiger partial charge in [-0.1, -0.05) is 19.9 Å². The minimum atomic E-state index is 0.288. The highest BCUT2D eigenvalue weighted by atomic mass is 79.9. The smallest absolute Gasteiger partial charge is 0.129 e. The number of halogens is 1. The van der Waals surface area contributed by atoms with Gasteiger partial charge in [0.05, 0.1) is 4.47 Å². The summed E-state index contributed by atoms with van der Waals surface area (Å²) in [5.41, 5.74) is 1.17. The SMILES string of the molecule is CC(C)C(C)NCc1ccc(O)c(Br)c1. The van der Waals surface area contributed by atoms with Crippen molar-refractivity contribution in [2.24, 2.45) is 5.92 Å². The number of aromatic hydroxyl groups is 1. The van der Waals surface area contributed by atoms with Crippen molar-refractivity contribution in [1.29, 1.82) is 0 Å². The zero-order valence-corrected chi connectivity index (χ0v) is 11.0. The van der Waals surface area contributed by atoms with Gasteiger partial charge in [0.1, 0.15) is 5.75 Å². The van der Waals surface area contributed by atoms with E-state index in [4.69, 9.17) is 0 Å². The maximum absolute atomic E-state index is 9.34. The van der Waals surface area contributed by atoms with Crippen molar-refractivity contribution in [1.82, 2.24) is 5.32 Å². The van der Waals surface area contributed by atoms with Crippen molar-refractivity contribution >= 4 is 15.9 Å². The van der Waals surface area contributed by atoms with Crippen LogP contribution >= 0.6 is 15.9 Å². The molecule has 3 heteroatoms. The molecule has 0 fully saturated rings. The Labute approximate surface area is 99.8 Å². The van der Waals surface area contributed by atoms with E-state index in [-0.39, 0.29) is 5.75 Å². The highest BCUT2D eigenvalue weighted by Gasteiger charge is 2.06. The molecule has 1 atom stereocenters. The Morgan fingerprint density at radius 3 is 2.53 bits per heavy atom. The van der Waals surface area contributed by atoms with E-state index in [0.717, 1.165) is 11.0 Å². The molecule has 1 aromatic rings. The van der Waals surface area contributed by atoms with Crippen molar-refractivity contribution in [3.05, 3.63) is 28.2 Å². The van der Waals surface area contributed by atoms with E-state index in [1.807, 2.05) is 12.1 Å². The molecule has 0 aliphatic rings. The minimum absolute atomic E-state index is 0.288. The van der Waals surface area contributed by atoms with Crippen LogP contribution in [0.3, 0.4) is 0 Å². The molecule has 0 radical (unpaired) electrons. The van der Waals surface area contributed by atoms with E-state index >= 15 is 0 Å². The molecule has 2 nitrogen and oxygen atoms in total. The van der Waals surface area contributed by atoms with Crippen LogP contribution in [0, 0.1) is 5.92 Å². The minimum Gasteiger partial charge on any atom is -0.507 e. The van der Waals surface area contributed by atoms with E-state index in [2.05, 4.69) is 42.0 Å². The largest absolute Gasteiger partial charge is 0.507 e. The summed E-state index contributed by atoms with van der Waals surface area (Å²) in [6, 6.07) is 6.08. The Balaban J connectivity index is 2.55. The molecule has 0 aliphatic carbocycles. The number of hydrogen-bond donors (Lipinski definition) is 2. The van der Waals surface area contributed by atoms with E-state index in [0.29, 0.717) is 12.0 Å². The molecule has 0 amide bonds. The first-order valence-electron chi connectivity index (χ1n) is 5.21. The van der Waals surface area contributed by atoms with Crippen molar-refractivity contribution in [3.8, 4) is 5.75 Å². The van der Waals surface area contributed by atoms with E-state index < -0.39 is 0 Å². The van der Waals surface area contributed by atoms with Gasteiger partial charge in [0.2, 0.25) is 0 Å². The van der Waals surface area contributed by atoms with Crippen LogP contribution in [0.5, 0.6) is 5.75 Å². The van der Waals surface area contributed by atoms with Gasteiger partial charge in [0.25, 0.3) is 0 Å². The Hall–Kier alpha value is -0.540. The van der Waals surface area contributed by atoms with E-state index in [1.165, 1.54) is 5.56 Å². The zero-order valence-electron chi connectivity index (χ0n) is 9.42. The molecular formula is C12H18BrNO. The first kappa shape index (κ1) is 12.5. The Kier molecular flexibility index (Phi) is 4.61. The molecule has 0 spiro atoms. The summed E-state index contributed by atoms with van der Waals surface area (Å²) >= 11 is 3.30. The normalized spacial score (nSPS) is 13.1. The first-order valence-corrected chi connectivity index (χ1v) is 6.00. The second-order valence-electron chi connectivity index (χ2n) is 4.20. The Morgan fingerprint density at radius 2 is 2.00 bits per heavy atom. The maximum Gasteiger partial charge on any atom is 0.129 e. The summed E-state index contributed by atoms with van der Waals surface area (Å²) in [5, 5.41) is 12.8. The molecule has 1 unspecified atom stereocenters. The van der Waals surface area contributed by atoms with E-state index in [1.54, 1.807) is 6.07 Å². The van der Waals surface area contributed by atoms with Crippen molar-refractivity contribution in [2.45, 2.75) is 33.4 Å². The molecule has 1 rings (SSSR count). The highest BCUT2D eigenvalue weighted by molar-refractivity contribution is 9.10. The fraction of sp³-hybridized carbons (Fsp3) is 0.500. The number of rotatable bonds is 4. The third-order valence-corrected chi connectivity index (χ3v) is 3.28. The summed E-state index contributed by atoms with van der Waals surface area (Å²) in [6.45, 7) is 7.41. The molecule has 0 heterocycles. The predicted octanol–water partition coefficient (Wildman–Crippen LogP) is 3.29. The van der Waals surface area contributed by atoms with Gasteiger partial charge in [-0.25, -0.2) is 0 Å². The summed E-state index contributed by atoms with van der Waals surface area (Å²) in [7, 11) is 0. The quantitative estimate of drug-likeness (QED) is 0.881. The zero-order chi connectivity index (χ0) is 11.4. The molecule has 84 valence electrons. The molecule has 0 aromatic heterocycles. The molecule has 0 saturated carbocycles. The second kappa shape index (κ2) is 5.52. The Morgan fingerprint density at radius 1 is 1.33 bits per heavy atom. The average Bonchev–Trinajstić information content (AvgIpc) is 2.19. The number of hydrogen-bond acceptors (Lipinski definition) is 2. The van der Waals surface area contributed by atoms with Crippen LogP contribution in [0.25, 0.3) is 0 Å². The lowest BCUT2D eigenvalue weighted by atomic mass is 10.1. The van der Waals surface area contributed by atoms with Crippen LogP contribution in [-0.4, -0.2) is 11.1 Å². The fourth-order valence-electron chi connectivity index (χ4n) is 1.17. The molecule has 0 saturated heterocycles. The summed E-state index contributed by atoms with van der Waals surface area (Å²) in [4.78, 5) is 0. The predicted molar refractivity (Wildman–Crippen MR) is 66.9 cm³/mol. The first-order chi connectivity index (χ1) is 7.00. The maximum atomic E-state index is 9.34. The van der Waals surface area contributed by atoms with Gasteiger partial charge >= 0.3 is 0 Å². The van der Waals surface area contributed by atoms with Gasteiger partial charge in [-0.15, -0.1) is 0 Å².